The Kier molecular flexibility index (Phi) is 14.0. The number of benzene rings is 2. The van der Waals surface area contributed by atoms with E-state index in [1.54, 1.807) is 7.11 Å². The highest BCUT2D eigenvalue weighted by Gasteiger charge is 2.37. The molecule has 1 aliphatic heterocycles. The highest BCUT2D eigenvalue weighted by atomic mass is 32.2. The van der Waals surface area contributed by atoms with Gasteiger partial charge in [0.25, 0.3) is 0 Å². The molecule has 190 valence electrons. The topological polar surface area (TPSA) is 58.6 Å². The van der Waals surface area contributed by atoms with E-state index in [0.29, 0.717) is 12.3 Å². The zero-order chi connectivity index (χ0) is 25.6. The number of nitrogens with one attached hydrogen (secondary N) is 1. The van der Waals surface area contributed by atoms with Crippen LogP contribution < -0.4 is 10.1 Å². The Bertz CT molecular complexity index is 814. The van der Waals surface area contributed by atoms with Crippen LogP contribution >= 0.6 is 11.8 Å². The third-order valence-corrected chi connectivity index (χ3v) is 7.55. The number of fused-ring (bicyclic) bond motifs is 1. The summed E-state index contributed by atoms with van der Waals surface area (Å²) in [5.41, 5.74) is 2.36. The van der Waals surface area contributed by atoms with Crippen molar-refractivity contribution in [2.45, 2.75) is 90.1 Å². The number of rotatable bonds is 8. The van der Waals surface area contributed by atoms with Gasteiger partial charge in [-0.15, -0.1) is 11.8 Å². The van der Waals surface area contributed by atoms with E-state index in [9.17, 15) is 4.79 Å². The van der Waals surface area contributed by atoms with Crippen molar-refractivity contribution < 1.29 is 14.6 Å². The van der Waals surface area contributed by atoms with Crippen LogP contribution in [0.3, 0.4) is 0 Å². The molecule has 2 N–H and O–H groups in total. The molecule has 4 nitrogen and oxygen atoms in total. The van der Waals surface area contributed by atoms with Crippen molar-refractivity contribution in [3.8, 4) is 5.75 Å². The highest BCUT2D eigenvalue weighted by molar-refractivity contribution is 7.99. The first-order chi connectivity index (χ1) is 16.3. The summed E-state index contributed by atoms with van der Waals surface area (Å²) >= 11 is 1.90. The van der Waals surface area contributed by atoms with Crippen molar-refractivity contribution >= 4 is 17.7 Å². The lowest BCUT2D eigenvalue weighted by atomic mass is 9.82. The number of unbranched alkanes of at least 4 members (excludes halogenated alkanes) is 1. The van der Waals surface area contributed by atoms with Crippen LogP contribution in [-0.4, -0.2) is 29.5 Å². The van der Waals surface area contributed by atoms with E-state index in [4.69, 9.17) is 9.84 Å². The number of carbonyl (C=O) groups is 1. The molecule has 0 radical (unpaired) electrons. The minimum absolute atomic E-state index is 0.119. The summed E-state index contributed by atoms with van der Waals surface area (Å²) in [7, 11) is 1.66. The van der Waals surface area contributed by atoms with Gasteiger partial charge in [-0.2, -0.15) is 0 Å². The average Bonchev–Trinajstić information content (AvgIpc) is 3.00. The summed E-state index contributed by atoms with van der Waals surface area (Å²) in [6.07, 6.45) is 4.23. The normalized spacial score (nSPS) is 19.0. The molecule has 0 saturated heterocycles. The van der Waals surface area contributed by atoms with E-state index in [1.807, 2.05) is 62.0 Å². The van der Waals surface area contributed by atoms with E-state index < -0.39 is 5.97 Å². The SMILES string of the molecule is CC.CCCC[C@]1(C(C)C)CSc2cc(CCC(=O)O)c(OC)cc2[C@@H](C)N1.c1ccccc1. The summed E-state index contributed by atoms with van der Waals surface area (Å²) in [6, 6.07) is 16.5. The fraction of sp³-hybridized carbons (Fsp3) is 0.552. The van der Waals surface area contributed by atoms with Crippen LogP contribution in [0.15, 0.2) is 53.4 Å². The van der Waals surface area contributed by atoms with Crippen molar-refractivity contribution in [3.05, 3.63) is 59.7 Å². The Morgan fingerprint density at radius 1 is 1.18 bits per heavy atom. The monoisotopic (exact) mass is 487 g/mol. The molecule has 34 heavy (non-hydrogen) atoms. The molecule has 0 saturated carbocycles. The number of thioether (sulfide) groups is 1. The molecule has 2 aromatic rings. The Morgan fingerprint density at radius 3 is 2.24 bits per heavy atom. The van der Waals surface area contributed by atoms with Gasteiger partial charge in [0, 0.05) is 28.6 Å². The van der Waals surface area contributed by atoms with Crippen LogP contribution in [0.4, 0.5) is 0 Å². The molecule has 0 fully saturated rings. The number of ether oxygens (including phenoxy) is 1. The third-order valence-electron chi connectivity index (χ3n) is 6.23. The van der Waals surface area contributed by atoms with Gasteiger partial charge in [0.2, 0.25) is 0 Å². The van der Waals surface area contributed by atoms with Gasteiger partial charge in [-0.25, -0.2) is 0 Å². The minimum Gasteiger partial charge on any atom is -0.496 e. The molecular weight excluding hydrogens is 442 g/mol. The number of hydrogen-bond donors (Lipinski definition) is 2. The summed E-state index contributed by atoms with van der Waals surface area (Å²) in [5, 5.41) is 13.0. The summed E-state index contributed by atoms with van der Waals surface area (Å²) < 4.78 is 5.57. The van der Waals surface area contributed by atoms with E-state index in [-0.39, 0.29) is 18.0 Å². The second kappa shape index (κ2) is 15.8. The molecule has 3 rings (SSSR count). The molecule has 2 aromatic carbocycles. The molecule has 0 unspecified atom stereocenters. The predicted molar refractivity (Wildman–Crippen MR) is 146 cm³/mol. The first-order valence-corrected chi connectivity index (χ1v) is 13.6. The predicted octanol–water partition coefficient (Wildman–Crippen LogP) is 7.77. The van der Waals surface area contributed by atoms with E-state index in [1.165, 1.54) is 29.7 Å². The number of aliphatic carboxylic acids is 1. The van der Waals surface area contributed by atoms with Crippen molar-refractivity contribution in [3.63, 3.8) is 0 Å². The van der Waals surface area contributed by atoms with Gasteiger partial charge >= 0.3 is 5.97 Å². The van der Waals surface area contributed by atoms with Gasteiger partial charge in [-0.1, -0.05) is 83.9 Å². The van der Waals surface area contributed by atoms with Crippen LogP contribution in [0.25, 0.3) is 0 Å². The van der Waals surface area contributed by atoms with Crippen molar-refractivity contribution in [1.29, 1.82) is 0 Å². The van der Waals surface area contributed by atoms with E-state index in [0.717, 1.165) is 17.1 Å². The van der Waals surface area contributed by atoms with Crippen molar-refractivity contribution in [2.75, 3.05) is 12.9 Å². The molecule has 0 amide bonds. The minimum atomic E-state index is -0.775. The molecule has 0 spiro atoms. The zero-order valence-electron chi connectivity index (χ0n) is 22.2. The molecule has 2 atom stereocenters. The third kappa shape index (κ3) is 8.99. The lowest BCUT2D eigenvalue weighted by Crippen LogP contribution is -2.52. The molecule has 0 aliphatic carbocycles. The van der Waals surface area contributed by atoms with Crippen LogP contribution in [0.1, 0.15) is 84.4 Å². The first-order valence-electron chi connectivity index (χ1n) is 12.7. The maximum absolute atomic E-state index is 11.0. The Balaban J connectivity index is 0.000000615. The molecule has 1 aliphatic rings. The fourth-order valence-corrected chi connectivity index (χ4v) is 5.71. The maximum atomic E-state index is 11.0. The van der Waals surface area contributed by atoms with Crippen molar-refractivity contribution in [1.82, 2.24) is 5.32 Å². The molecule has 5 heteroatoms. The Labute approximate surface area is 211 Å². The lowest BCUT2D eigenvalue weighted by molar-refractivity contribution is -0.136. The van der Waals surface area contributed by atoms with Gasteiger partial charge in [0.05, 0.1) is 7.11 Å². The summed E-state index contributed by atoms with van der Waals surface area (Å²) in [5.74, 6) is 1.60. The smallest absolute Gasteiger partial charge is 0.303 e. The van der Waals surface area contributed by atoms with Crippen LogP contribution in [0, 0.1) is 5.92 Å². The maximum Gasteiger partial charge on any atom is 0.303 e. The van der Waals surface area contributed by atoms with Gasteiger partial charge in [-0.05, 0) is 48.9 Å². The van der Waals surface area contributed by atoms with Gasteiger partial charge < -0.3 is 15.2 Å². The molecular formula is C29H45NO3S. The van der Waals surface area contributed by atoms with Gasteiger partial charge in [-0.3, -0.25) is 4.79 Å². The van der Waals surface area contributed by atoms with E-state index >= 15 is 0 Å². The number of methoxy groups -OCH3 is 1. The molecule has 0 aromatic heterocycles. The quantitative estimate of drug-likeness (QED) is 0.398. The average molecular weight is 488 g/mol. The molecule has 0 bridgehead atoms. The van der Waals surface area contributed by atoms with Gasteiger partial charge in [0.1, 0.15) is 5.75 Å². The standard InChI is InChI=1S/C21H33NO3S.C6H6.C2H6/c1-6-7-10-21(14(2)3)13-26-19-11-16(8-9-20(23)24)18(25-5)12-17(19)15(4)22-21;1-2-4-6-5-3-1;1-2/h11-12,14-15,22H,6-10,13H2,1-5H3,(H,23,24);1-6H;1-2H3/t15-,21-;;/m1../s1. The fourth-order valence-electron chi connectivity index (χ4n) is 4.11. The van der Waals surface area contributed by atoms with Crippen LogP contribution in [0.5, 0.6) is 5.75 Å². The van der Waals surface area contributed by atoms with E-state index in [2.05, 4.69) is 45.1 Å². The number of hydrogen-bond acceptors (Lipinski definition) is 4. The summed E-state index contributed by atoms with van der Waals surface area (Å²) in [4.78, 5) is 12.2. The first kappa shape index (κ1) is 30.1. The Hall–Kier alpha value is -1.98. The largest absolute Gasteiger partial charge is 0.496 e. The number of carboxylic acid groups (broad SMARTS) is 1. The van der Waals surface area contributed by atoms with Gasteiger partial charge in [0.15, 0.2) is 0 Å². The zero-order valence-corrected chi connectivity index (χ0v) is 23.0. The second-order valence-electron chi connectivity index (χ2n) is 8.82. The molecule has 1 heterocycles. The van der Waals surface area contributed by atoms with Crippen LogP contribution in [-0.2, 0) is 11.2 Å². The van der Waals surface area contributed by atoms with Crippen molar-refractivity contribution in [2.24, 2.45) is 5.92 Å². The summed E-state index contributed by atoms with van der Waals surface area (Å²) in [6.45, 7) is 13.1. The highest BCUT2D eigenvalue weighted by Crippen LogP contribution is 2.42. The second-order valence-corrected chi connectivity index (χ2v) is 9.84. The number of aryl methyl sites for hydroxylation is 1. The number of carboxylic acids is 1. The van der Waals surface area contributed by atoms with Crippen LogP contribution in [0.2, 0.25) is 0 Å². The lowest BCUT2D eigenvalue weighted by Gasteiger charge is -2.39. The Morgan fingerprint density at radius 2 is 1.76 bits per heavy atom.